The molecule has 0 aliphatic heterocycles. The first-order valence-corrected chi connectivity index (χ1v) is 7.87. The highest BCUT2D eigenvalue weighted by Gasteiger charge is 2.16. The maximum Gasteiger partial charge on any atom is 0.362 e. The van der Waals surface area contributed by atoms with Crippen LogP contribution in [0.3, 0.4) is 0 Å². The summed E-state index contributed by atoms with van der Waals surface area (Å²) < 4.78 is 10.6. The third kappa shape index (κ3) is 8.47. The van der Waals surface area contributed by atoms with Gasteiger partial charge in [0.15, 0.2) is 0 Å². The zero-order chi connectivity index (χ0) is 18.0. The molecule has 0 saturated heterocycles. The van der Waals surface area contributed by atoms with Crippen LogP contribution in [0.1, 0.15) is 34.1 Å². The Bertz CT molecular complexity index is 499. The number of aromatic nitrogens is 3. The lowest BCUT2D eigenvalue weighted by molar-refractivity contribution is -0.223. The van der Waals surface area contributed by atoms with E-state index in [9.17, 15) is 0 Å². The summed E-state index contributed by atoms with van der Waals surface area (Å²) in [6.45, 7) is 16.7. The topological polar surface area (TPSA) is 75.6 Å². The molecule has 7 heteroatoms. The Morgan fingerprint density at radius 1 is 0.958 bits per heavy atom. The molecule has 1 aromatic heterocycles. The lowest BCUT2D eigenvalue weighted by Gasteiger charge is -2.22. The molecular formula is C17H27N3O4. The number of nitrogens with zero attached hydrogens (tertiary/aromatic N) is 3. The first-order chi connectivity index (χ1) is 11.3. The number of ether oxygens (including phenoxy) is 2. The Labute approximate surface area is 143 Å². The predicted octanol–water partition coefficient (Wildman–Crippen LogP) is 3.38. The largest absolute Gasteiger partial charge is 0.459 e. The van der Waals surface area contributed by atoms with Gasteiger partial charge in [-0.3, -0.25) is 4.89 Å². The van der Waals surface area contributed by atoms with Crippen LogP contribution < -0.4 is 14.4 Å². The number of hydrogen-bond donors (Lipinski definition) is 0. The van der Waals surface area contributed by atoms with Gasteiger partial charge in [-0.1, -0.05) is 53.0 Å². The van der Waals surface area contributed by atoms with Crippen LogP contribution in [0, 0.1) is 11.3 Å². The average Bonchev–Trinajstić information content (AvgIpc) is 2.49. The van der Waals surface area contributed by atoms with Crippen molar-refractivity contribution in [3.8, 4) is 18.0 Å². The maximum absolute atomic E-state index is 5.29. The van der Waals surface area contributed by atoms with E-state index in [0.717, 1.165) is 6.42 Å². The molecular weight excluding hydrogens is 310 g/mol. The van der Waals surface area contributed by atoms with Gasteiger partial charge in [0.1, 0.15) is 13.2 Å². The second-order valence-electron chi connectivity index (χ2n) is 6.62. The van der Waals surface area contributed by atoms with Gasteiger partial charge in [-0.15, -0.1) is 15.0 Å². The zero-order valence-electron chi connectivity index (χ0n) is 14.9. The summed E-state index contributed by atoms with van der Waals surface area (Å²) in [7, 11) is 0. The summed E-state index contributed by atoms with van der Waals surface area (Å²) >= 11 is 0. The van der Waals surface area contributed by atoms with E-state index in [1.807, 2.05) is 0 Å². The van der Waals surface area contributed by atoms with Crippen molar-refractivity contribution in [1.82, 2.24) is 15.0 Å². The van der Waals surface area contributed by atoms with E-state index in [0.29, 0.717) is 12.5 Å². The van der Waals surface area contributed by atoms with E-state index in [2.05, 4.69) is 55.8 Å². The molecule has 0 amide bonds. The maximum atomic E-state index is 5.29. The van der Waals surface area contributed by atoms with Gasteiger partial charge in [0.05, 0.1) is 6.61 Å². The molecule has 0 aliphatic rings. The monoisotopic (exact) mass is 337 g/mol. The Hall–Kier alpha value is -2.15. The molecule has 1 atom stereocenters. The van der Waals surface area contributed by atoms with Gasteiger partial charge >= 0.3 is 18.0 Å². The van der Waals surface area contributed by atoms with Gasteiger partial charge in [-0.25, -0.2) is 0 Å². The minimum absolute atomic E-state index is 0.0221. The molecule has 134 valence electrons. The molecule has 0 bridgehead atoms. The first kappa shape index (κ1) is 19.9. The fraction of sp³-hybridized carbons (Fsp3) is 0.588. The van der Waals surface area contributed by atoms with Gasteiger partial charge in [-0.2, -0.15) is 4.89 Å². The molecule has 1 heterocycles. The quantitative estimate of drug-likeness (QED) is 0.348. The number of hydrogen-bond acceptors (Lipinski definition) is 7. The molecule has 1 unspecified atom stereocenters. The molecule has 1 rings (SSSR count). The lowest BCUT2D eigenvalue weighted by Crippen LogP contribution is -2.17. The molecule has 0 saturated carbocycles. The van der Waals surface area contributed by atoms with E-state index in [1.54, 1.807) is 12.2 Å². The highest BCUT2D eigenvalue weighted by atomic mass is 17.2. The second kappa shape index (κ2) is 9.87. The first-order valence-electron chi connectivity index (χ1n) is 7.87. The van der Waals surface area contributed by atoms with E-state index in [1.165, 1.54) is 0 Å². The zero-order valence-corrected chi connectivity index (χ0v) is 14.9. The van der Waals surface area contributed by atoms with Gasteiger partial charge < -0.3 is 9.47 Å². The van der Waals surface area contributed by atoms with Crippen molar-refractivity contribution < 1.29 is 19.2 Å². The lowest BCUT2D eigenvalue weighted by atomic mass is 9.86. The fourth-order valence-corrected chi connectivity index (χ4v) is 2.06. The van der Waals surface area contributed by atoms with Crippen molar-refractivity contribution in [3.63, 3.8) is 0 Å². The summed E-state index contributed by atoms with van der Waals surface area (Å²) in [6, 6.07) is 0.127. The Kier molecular flexibility index (Phi) is 8.18. The van der Waals surface area contributed by atoms with E-state index < -0.39 is 0 Å². The number of rotatable bonds is 11. The third-order valence-corrected chi connectivity index (χ3v) is 2.68. The van der Waals surface area contributed by atoms with Crippen molar-refractivity contribution >= 4 is 0 Å². The van der Waals surface area contributed by atoms with E-state index >= 15 is 0 Å². The minimum atomic E-state index is -0.0221. The van der Waals surface area contributed by atoms with Crippen LogP contribution in [0.2, 0.25) is 0 Å². The van der Waals surface area contributed by atoms with Crippen LogP contribution in [-0.2, 0) is 4.89 Å². The van der Waals surface area contributed by atoms with Gasteiger partial charge in [0.2, 0.25) is 0 Å². The van der Waals surface area contributed by atoms with Crippen molar-refractivity contribution in [2.24, 2.45) is 11.3 Å². The molecule has 0 aromatic carbocycles. The Balaban J connectivity index is 2.64. The molecule has 0 radical (unpaired) electrons. The van der Waals surface area contributed by atoms with Crippen molar-refractivity contribution in [2.75, 3.05) is 19.8 Å². The van der Waals surface area contributed by atoms with Gasteiger partial charge in [0.25, 0.3) is 0 Å². The Morgan fingerprint density at radius 3 is 1.92 bits per heavy atom. The summed E-state index contributed by atoms with van der Waals surface area (Å²) in [5, 5.41) is 0. The summed E-state index contributed by atoms with van der Waals surface area (Å²) in [5.41, 5.74) is 0.230. The normalized spacial score (nSPS) is 12.3. The van der Waals surface area contributed by atoms with Crippen LogP contribution >= 0.6 is 0 Å². The highest BCUT2D eigenvalue weighted by molar-refractivity contribution is 5.09. The molecule has 24 heavy (non-hydrogen) atoms. The second-order valence-corrected chi connectivity index (χ2v) is 6.62. The van der Waals surface area contributed by atoms with Crippen LogP contribution in [0.5, 0.6) is 18.0 Å². The standard InChI is InChI=1S/C17H27N3O4/c1-7-9-21-14-18-15(22-10-8-2)20-16(19-14)24-23-12-13(3)11-17(4,5)6/h7-8,13H,1-2,9-12H2,3-6H3. The van der Waals surface area contributed by atoms with E-state index in [4.69, 9.17) is 19.2 Å². The smallest absolute Gasteiger partial charge is 0.362 e. The predicted molar refractivity (Wildman–Crippen MR) is 91.0 cm³/mol. The van der Waals surface area contributed by atoms with E-state index in [-0.39, 0.29) is 36.7 Å². The molecule has 7 nitrogen and oxygen atoms in total. The molecule has 0 fully saturated rings. The third-order valence-electron chi connectivity index (χ3n) is 2.68. The molecule has 0 aliphatic carbocycles. The van der Waals surface area contributed by atoms with Crippen molar-refractivity contribution in [2.45, 2.75) is 34.1 Å². The molecule has 0 N–H and O–H groups in total. The van der Waals surface area contributed by atoms with Gasteiger partial charge in [0, 0.05) is 0 Å². The van der Waals surface area contributed by atoms with Crippen LogP contribution in [0.25, 0.3) is 0 Å². The highest BCUT2D eigenvalue weighted by Crippen LogP contribution is 2.24. The minimum Gasteiger partial charge on any atom is -0.459 e. The van der Waals surface area contributed by atoms with Gasteiger partial charge in [-0.05, 0) is 17.8 Å². The average molecular weight is 337 g/mol. The fourth-order valence-electron chi connectivity index (χ4n) is 2.06. The summed E-state index contributed by atoms with van der Waals surface area (Å²) in [4.78, 5) is 22.4. The Morgan fingerprint density at radius 2 is 1.46 bits per heavy atom. The van der Waals surface area contributed by atoms with Crippen molar-refractivity contribution in [3.05, 3.63) is 25.3 Å². The molecule has 1 aromatic rings. The summed E-state index contributed by atoms with van der Waals surface area (Å²) in [6.07, 6.45) is 4.17. The van der Waals surface area contributed by atoms with Crippen LogP contribution in [0.15, 0.2) is 25.3 Å². The summed E-state index contributed by atoms with van der Waals surface area (Å²) in [5.74, 6) is 0.333. The molecule has 0 spiro atoms. The van der Waals surface area contributed by atoms with Crippen LogP contribution in [0.4, 0.5) is 0 Å². The van der Waals surface area contributed by atoms with Crippen LogP contribution in [-0.4, -0.2) is 34.8 Å². The van der Waals surface area contributed by atoms with Crippen molar-refractivity contribution in [1.29, 1.82) is 0 Å². The SMILES string of the molecule is C=CCOc1nc(OCC=C)nc(OOCC(C)CC(C)(C)C)n1.